The molecule has 212 valence electrons. The second-order valence-corrected chi connectivity index (χ2v) is 11.4. The summed E-state index contributed by atoms with van der Waals surface area (Å²) in [5.41, 5.74) is 4.97. The van der Waals surface area contributed by atoms with Crippen LogP contribution >= 0.6 is 0 Å². The van der Waals surface area contributed by atoms with E-state index in [1.54, 1.807) is 11.0 Å². The number of aromatic nitrogens is 2. The van der Waals surface area contributed by atoms with Crippen molar-refractivity contribution in [2.75, 3.05) is 26.3 Å². The van der Waals surface area contributed by atoms with Crippen molar-refractivity contribution in [2.45, 2.75) is 56.8 Å². The van der Waals surface area contributed by atoms with Crippen LogP contribution < -0.4 is 10.1 Å². The van der Waals surface area contributed by atoms with Gasteiger partial charge in [-0.3, -0.25) is 24.6 Å². The van der Waals surface area contributed by atoms with E-state index >= 15 is 0 Å². The Labute approximate surface area is 238 Å². The smallest absolute Gasteiger partial charge is 0.255 e. The molecule has 2 aromatic carbocycles. The summed E-state index contributed by atoms with van der Waals surface area (Å²) >= 11 is 0. The summed E-state index contributed by atoms with van der Waals surface area (Å²) in [4.78, 5) is 40.7. The lowest BCUT2D eigenvalue weighted by molar-refractivity contribution is -0.136. The van der Waals surface area contributed by atoms with Crippen LogP contribution in [-0.4, -0.2) is 75.8 Å². The van der Waals surface area contributed by atoms with Crippen LogP contribution in [0.15, 0.2) is 54.9 Å². The summed E-state index contributed by atoms with van der Waals surface area (Å²) in [6.45, 7) is 4.50. The van der Waals surface area contributed by atoms with Crippen LogP contribution in [0.4, 0.5) is 0 Å². The van der Waals surface area contributed by atoms with Crippen molar-refractivity contribution in [1.82, 2.24) is 24.9 Å². The van der Waals surface area contributed by atoms with Gasteiger partial charge in [-0.15, -0.1) is 0 Å². The highest BCUT2D eigenvalue weighted by molar-refractivity contribution is 6.05. The van der Waals surface area contributed by atoms with Crippen LogP contribution in [0.25, 0.3) is 5.69 Å². The average Bonchev–Trinajstić information content (AvgIpc) is 3.78. The van der Waals surface area contributed by atoms with E-state index in [9.17, 15) is 14.4 Å². The van der Waals surface area contributed by atoms with E-state index in [0.29, 0.717) is 24.4 Å². The lowest BCUT2D eigenvalue weighted by Crippen LogP contribution is -2.52. The Morgan fingerprint density at radius 3 is 2.85 bits per heavy atom. The fourth-order valence-corrected chi connectivity index (χ4v) is 6.41. The first-order valence-electron chi connectivity index (χ1n) is 14.4. The van der Waals surface area contributed by atoms with Gasteiger partial charge in [0.1, 0.15) is 17.9 Å². The molecule has 0 spiro atoms. The van der Waals surface area contributed by atoms with Crippen molar-refractivity contribution >= 4 is 17.7 Å². The van der Waals surface area contributed by atoms with Crippen LogP contribution in [-0.2, 0) is 27.4 Å². The average molecular weight is 556 g/mol. The van der Waals surface area contributed by atoms with E-state index in [2.05, 4.69) is 45.8 Å². The number of imide groups is 1. The highest BCUT2D eigenvalue weighted by Gasteiger charge is 2.39. The minimum absolute atomic E-state index is 0.0525. The molecule has 3 aromatic rings. The van der Waals surface area contributed by atoms with Crippen molar-refractivity contribution in [3.63, 3.8) is 0 Å². The summed E-state index contributed by atoms with van der Waals surface area (Å²) in [6.07, 6.45) is 6.67. The quantitative estimate of drug-likeness (QED) is 0.447. The Hall–Kier alpha value is -4.02. The van der Waals surface area contributed by atoms with Crippen molar-refractivity contribution in [1.29, 1.82) is 0 Å². The Balaban J connectivity index is 0.950. The van der Waals surface area contributed by atoms with Gasteiger partial charge in [0.05, 0.1) is 18.5 Å². The number of carbonyl (C=O) groups excluding carboxylic acids is 3. The zero-order valence-electron chi connectivity index (χ0n) is 22.8. The van der Waals surface area contributed by atoms with Gasteiger partial charge in [0.25, 0.3) is 5.91 Å². The third kappa shape index (κ3) is 5.25. The molecule has 1 unspecified atom stereocenters. The molecule has 1 aromatic heterocycles. The first kappa shape index (κ1) is 25.9. The van der Waals surface area contributed by atoms with Gasteiger partial charge in [0, 0.05) is 62.4 Å². The molecule has 10 heteroatoms. The monoisotopic (exact) mass is 555 g/mol. The first-order chi connectivity index (χ1) is 20.0. The zero-order valence-corrected chi connectivity index (χ0v) is 22.8. The van der Waals surface area contributed by atoms with Gasteiger partial charge in [0.15, 0.2) is 0 Å². The standard InChI is InChI=1S/C31H33N5O5/c37-29-7-6-28(30(38)33-29)35-17-23-13-25(4-5-27(23)31(35)39)41-26-8-10-34(18-26)15-20-14-32-36(16-20)24-3-1-2-21(12-24)22-9-11-40-19-22/h1-5,12-14,16,22,26,28H,6-11,15,17-19H2,(H,33,37,38)/t22-,26-,28?/m0/s1. The SMILES string of the molecule is O=C1CCC(N2Cc3cc(O[C@H]4CCN(Cc5cnn(-c6cccc([C@H]7CCOC7)c6)c5)C4)ccc3C2=O)C(=O)N1. The number of rotatable bonds is 7. The number of carbonyl (C=O) groups is 3. The van der Waals surface area contributed by atoms with E-state index in [-0.39, 0.29) is 24.3 Å². The van der Waals surface area contributed by atoms with E-state index < -0.39 is 11.9 Å². The molecule has 3 saturated heterocycles. The molecule has 0 radical (unpaired) electrons. The maximum absolute atomic E-state index is 13.0. The number of hydrogen-bond acceptors (Lipinski definition) is 7. The van der Waals surface area contributed by atoms with Gasteiger partial charge in [-0.25, -0.2) is 4.68 Å². The van der Waals surface area contributed by atoms with Crippen molar-refractivity contribution in [3.8, 4) is 11.4 Å². The third-order valence-corrected chi connectivity index (χ3v) is 8.60. The Morgan fingerprint density at radius 1 is 1.07 bits per heavy atom. The van der Waals surface area contributed by atoms with E-state index in [1.165, 1.54) is 5.56 Å². The molecule has 1 N–H and O–H groups in total. The number of ether oxygens (including phenoxy) is 2. The lowest BCUT2D eigenvalue weighted by Gasteiger charge is -2.29. The molecule has 4 aliphatic rings. The number of likely N-dealkylation sites (tertiary alicyclic amines) is 1. The fraction of sp³-hybridized carbons (Fsp3) is 0.419. The van der Waals surface area contributed by atoms with E-state index in [0.717, 1.165) is 68.3 Å². The second kappa shape index (κ2) is 10.8. The maximum atomic E-state index is 13.0. The summed E-state index contributed by atoms with van der Waals surface area (Å²) in [5, 5.41) is 6.97. The first-order valence-corrected chi connectivity index (χ1v) is 14.4. The Kier molecular flexibility index (Phi) is 6.80. The number of nitrogens with zero attached hydrogens (tertiary/aromatic N) is 4. The molecular formula is C31H33N5O5. The molecule has 3 amide bonds. The summed E-state index contributed by atoms with van der Waals surface area (Å²) < 4.78 is 13.8. The third-order valence-electron chi connectivity index (χ3n) is 8.60. The van der Waals surface area contributed by atoms with Gasteiger partial charge < -0.3 is 14.4 Å². The number of fused-ring (bicyclic) bond motifs is 1. The molecule has 3 fully saturated rings. The number of piperidine rings is 1. The van der Waals surface area contributed by atoms with Crippen molar-refractivity contribution < 1.29 is 23.9 Å². The van der Waals surface area contributed by atoms with Crippen LogP contribution in [0.1, 0.15) is 58.6 Å². The van der Waals surface area contributed by atoms with Gasteiger partial charge in [-0.2, -0.15) is 5.10 Å². The van der Waals surface area contributed by atoms with Gasteiger partial charge >= 0.3 is 0 Å². The minimum Gasteiger partial charge on any atom is -0.489 e. The maximum Gasteiger partial charge on any atom is 0.255 e. The largest absolute Gasteiger partial charge is 0.489 e. The van der Waals surface area contributed by atoms with Crippen LogP contribution in [0.5, 0.6) is 5.75 Å². The summed E-state index contributed by atoms with van der Waals surface area (Å²) in [6, 6.07) is 13.5. The van der Waals surface area contributed by atoms with E-state index in [4.69, 9.17) is 9.47 Å². The highest BCUT2D eigenvalue weighted by Crippen LogP contribution is 2.31. The molecule has 41 heavy (non-hydrogen) atoms. The summed E-state index contributed by atoms with van der Waals surface area (Å²) in [5.74, 6) is 0.331. The number of amides is 3. The molecule has 3 atom stereocenters. The molecule has 10 nitrogen and oxygen atoms in total. The fourth-order valence-electron chi connectivity index (χ4n) is 6.41. The summed E-state index contributed by atoms with van der Waals surface area (Å²) in [7, 11) is 0. The molecule has 0 bridgehead atoms. The molecule has 5 heterocycles. The number of benzene rings is 2. The van der Waals surface area contributed by atoms with Crippen LogP contribution in [0.2, 0.25) is 0 Å². The molecule has 4 aliphatic heterocycles. The predicted molar refractivity (Wildman–Crippen MR) is 149 cm³/mol. The lowest BCUT2D eigenvalue weighted by atomic mass is 9.98. The van der Waals surface area contributed by atoms with Gasteiger partial charge in [-0.1, -0.05) is 12.1 Å². The highest BCUT2D eigenvalue weighted by atomic mass is 16.5. The topological polar surface area (TPSA) is 106 Å². The minimum atomic E-state index is -0.615. The number of hydrogen-bond donors (Lipinski definition) is 1. The second-order valence-electron chi connectivity index (χ2n) is 11.4. The number of nitrogens with one attached hydrogen (secondary N) is 1. The Morgan fingerprint density at radius 2 is 2.00 bits per heavy atom. The molecule has 7 rings (SSSR count). The van der Waals surface area contributed by atoms with Gasteiger partial charge in [0.2, 0.25) is 11.8 Å². The predicted octanol–water partition coefficient (Wildman–Crippen LogP) is 2.79. The van der Waals surface area contributed by atoms with Crippen molar-refractivity contribution in [2.24, 2.45) is 0 Å². The van der Waals surface area contributed by atoms with Crippen LogP contribution in [0, 0.1) is 0 Å². The molecular weight excluding hydrogens is 522 g/mol. The van der Waals surface area contributed by atoms with Crippen LogP contribution in [0.3, 0.4) is 0 Å². The van der Waals surface area contributed by atoms with Gasteiger partial charge in [-0.05, 0) is 60.7 Å². The van der Waals surface area contributed by atoms with Crippen molar-refractivity contribution in [3.05, 3.63) is 77.1 Å². The molecule has 0 aliphatic carbocycles. The zero-order chi connectivity index (χ0) is 27.9. The van der Waals surface area contributed by atoms with E-state index in [1.807, 2.05) is 23.0 Å². The molecule has 0 saturated carbocycles. The Bertz CT molecular complexity index is 1500. The normalized spacial score (nSPS) is 24.6.